The van der Waals surface area contributed by atoms with Gasteiger partial charge in [0.25, 0.3) is 0 Å². The molecule has 0 unspecified atom stereocenters. The minimum absolute atomic E-state index is 0.0141. The summed E-state index contributed by atoms with van der Waals surface area (Å²) < 4.78 is 1.01. The highest BCUT2D eigenvalue weighted by atomic mass is 32.2. The molecule has 4 nitrogen and oxygen atoms in total. The number of carbonyl (C=O) groups excluding carboxylic acids is 1. The first-order chi connectivity index (χ1) is 9.15. The molecule has 1 aromatic heterocycles. The third-order valence-electron chi connectivity index (χ3n) is 2.44. The van der Waals surface area contributed by atoms with Gasteiger partial charge in [-0.2, -0.15) is 0 Å². The van der Waals surface area contributed by atoms with Crippen LogP contribution in [0.2, 0.25) is 0 Å². The molecule has 100 valence electrons. The standard InChI is InChI=1S/C13H15N3OS2/c1-9-12(19-13(14)16-9)18-8-11(17)15-7-10-5-3-2-4-6-10/h2-6H,7-8H2,1H3,(H2,14,16)(H,15,17). The average Bonchev–Trinajstić information content (AvgIpc) is 2.73. The summed E-state index contributed by atoms with van der Waals surface area (Å²) in [7, 11) is 0. The van der Waals surface area contributed by atoms with Crippen LogP contribution in [0.15, 0.2) is 34.5 Å². The second kappa shape index (κ2) is 6.58. The van der Waals surface area contributed by atoms with Crippen LogP contribution >= 0.6 is 23.1 Å². The van der Waals surface area contributed by atoms with Gasteiger partial charge in [0.1, 0.15) is 0 Å². The fourth-order valence-corrected chi connectivity index (χ4v) is 3.37. The number of nitrogen functional groups attached to an aromatic ring is 1. The van der Waals surface area contributed by atoms with Crippen LogP contribution in [0.3, 0.4) is 0 Å². The zero-order valence-electron chi connectivity index (χ0n) is 10.6. The van der Waals surface area contributed by atoms with Crippen molar-refractivity contribution in [3.05, 3.63) is 41.6 Å². The minimum atomic E-state index is 0.0141. The summed E-state index contributed by atoms with van der Waals surface area (Å²) in [6.45, 7) is 2.46. The summed E-state index contributed by atoms with van der Waals surface area (Å²) in [4.78, 5) is 15.9. The highest BCUT2D eigenvalue weighted by Crippen LogP contribution is 2.30. The first-order valence-electron chi connectivity index (χ1n) is 5.81. The number of carbonyl (C=O) groups is 1. The van der Waals surface area contributed by atoms with Gasteiger partial charge in [0, 0.05) is 6.54 Å². The molecule has 0 spiro atoms. The molecule has 0 saturated carbocycles. The predicted molar refractivity (Wildman–Crippen MR) is 80.3 cm³/mol. The SMILES string of the molecule is Cc1nc(N)sc1SCC(=O)NCc1ccccc1. The second-order valence-corrected chi connectivity index (χ2v) is 6.25. The van der Waals surface area contributed by atoms with Crippen LogP contribution in [-0.4, -0.2) is 16.6 Å². The molecule has 0 atom stereocenters. The smallest absolute Gasteiger partial charge is 0.230 e. The van der Waals surface area contributed by atoms with Gasteiger partial charge >= 0.3 is 0 Å². The topological polar surface area (TPSA) is 68.0 Å². The molecular formula is C13H15N3OS2. The van der Waals surface area contributed by atoms with Crippen LogP contribution in [0.5, 0.6) is 0 Å². The Balaban J connectivity index is 1.77. The third kappa shape index (κ3) is 4.25. The van der Waals surface area contributed by atoms with Crippen molar-refractivity contribution in [3.63, 3.8) is 0 Å². The zero-order valence-corrected chi connectivity index (χ0v) is 12.2. The first kappa shape index (κ1) is 13.9. The molecule has 0 aliphatic carbocycles. The van der Waals surface area contributed by atoms with Crippen molar-refractivity contribution < 1.29 is 4.79 Å². The van der Waals surface area contributed by atoms with E-state index in [-0.39, 0.29) is 5.91 Å². The number of rotatable bonds is 5. The number of thiazole rings is 1. The Hall–Kier alpha value is -1.53. The number of aryl methyl sites for hydroxylation is 1. The molecule has 1 heterocycles. The molecule has 6 heteroatoms. The molecule has 1 aromatic carbocycles. The Bertz CT molecular complexity index is 554. The number of nitrogens with zero attached hydrogens (tertiary/aromatic N) is 1. The molecular weight excluding hydrogens is 278 g/mol. The lowest BCUT2D eigenvalue weighted by molar-refractivity contribution is -0.118. The quantitative estimate of drug-likeness (QED) is 0.831. The van der Waals surface area contributed by atoms with Crippen LogP contribution < -0.4 is 11.1 Å². The summed E-state index contributed by atoms with van der Waals surface area (Å²) in [5, 5.41) is 3.43. The van der Waals surface area contributed by atoms with Gasteiger partial charge in [-0.3, -0.25) is 4.79 Å². The molecule has 3 N–H and O–H groups in total. The van der Waals surface area contributed by atoms with E-state index in [1.165, 1.54) is 23.1 Å². The Morgan fingerprint density at radius 1 is 1.42 bits per heavy atom. The fourth-order valence-electron chi connectivity index (χ4n) is 1.52. The molecule has 0 saturated heterocycles. The largest absolute Gasteiger partial charge is 0.375 e. The van der Waals surface area contributed by atoms with Crippen LogP contribution in [-0.2, 0) is 11.3 Å². The molecule has 19 heavy (non-hydrogen) atoms. The van der Waals surface area contributed by atoms with Gasteiger partial charge < -0.3 is 11.1 Å². The van der Waals surface area contributed by atoms with Gasteiger partial charge in [-0.05, 0) is 12.5 Å². The maximum absolute atomic E-state index is 11.7. The summed E-state index contributed by atoms with van der Waals surface area (Å²) in [5.74, 6) is 0.398. The number of hydrogen-bond acceptors (Lipinski definition) is 5. The first-order valence-corrected chi connectivity index (χ1v) is 7.61. The molecule has 0 fully saturated rings. The highest BCUT2D eigenvalue weighted by molar-refractivity contribution is 8.01. The van der Waals surface area contributed by atoms with Crippen molar-refractivity contribution in [2.75, 3.05) is 11.5 Å². The van der Waals surface area contributed by atoms with Gasteiger partial charge in [-0.15, -0.1) is 11.8 Å². The predicted octanol–water partition coefficient (Wildman–Crippen LogP) is 2.44. The number of amides is 1. The van der Waals surface area contributed by atoms with E-state index in [4.69, 9.17) is 5.73 Å². The Morgan fingerprint density at radius 3 is 2.79 bits per heavy atom. The van der Waals surface area contributed by atoms with Crippen molar-refractivity contribution in [2.24, 2.45) is 0 Å². The molecule has 0 aliphatic rings. The lowest BCUT2D eigenvalue weighted by Crippen LogP contribution is -2.24. The van der Waals surface area contributed by atoms with E-state index in [0.29, 0.717) is 17.4 Å². The van der Waals surface area contributed by atoms with Crippen LogP contribution in [0.25, 0.3) is 0 Å². The van der Waals surface area contributed by atoms with E-state index in [9.17, 15) is 4.79 Å². The normalized spacial score (nSPS) is 10.4. The zero-order chi connectivity index (χ0) is 13.7. The molecule has 2 rings (SSSR count). The van der Waals surface area contributed by atoms with E-state index in [2.05, 4.69) is 10.3 Å². The van der Waals surface area contributed by atoms with Gasteiger partial charge in [0.05, 0.1) is 15.7 Å². The summed E-state index contributed by atoms with van der Waals surface area (Å²) in [6.07, 6.45) is 0. The van der Waals surface area contributed by atoms with Crippen molar-refractivity contribution in [1.82, 2.24) is 10.3 Å². The number of benzene rings is 1. The number of thioether (sulfide) groups is 1. The number of nitrogens with two attached hydrogens (primary N) is 1. The van der Waals surface area contributed by atoms with E-state index >= 15 is 0 Å². The maximum Gasteiger partial charge on any atom is 0.230 e. The number of anilines is 1. The van der Waals surface area contributed by atoms with Crippen molar-refractivity contribution in [3.8, 4) is 0 Å². The fraction of sp³-hybridized carbons (Fsp3) is 0.231. The van der Waals surface area contributed by atoms with E-state index in [1.807, 2.05) is 37.3 Å². The average molecular weight is 293 g/mol. The number of hydrogen-bond donors (Lipinski definition) is 2. The van der Waals surface area contributed by atoms with Crippen molar-refractivity contribution >= 4 is 34.1 Å². The molecule has 0 radical (unpaired) electrons. The summed E-state index contributed by atoms with van der Waals surface area (Å²) >= 11 is 2.90. The van der Waals surface area contributed by atoms with E-state index in [1.54, 1.807) is 0 Å². The number of aromatic nitrogens is 1. The summed E-state index contributed by atoms with van der Waals surface area (Å²) in [5.41, 5.74) is 7.60. The Labute approximate surface area is 120 Å². The molecule has 2 aromatic rings. The molecule has 1 amide bonds. The van der Waals surface area contributed by atoms with Gasteiger partial charge in [-0.1, -0.05) is 41.7 Å². The lowest BCUT2D eigenvalue weighted by Gasteiger charge is -2.04. The van der Waals surface area contributed by atoms with Gasteiger partial charge in [0.15, 0.2) is 5.13 Å². The summed E-state index contributed by atoms with van der Waals surface area (Å²) in [6, 6.07) is 9.85. The Morgan fingerprint density at radius 2 is 2.16 bits per heavy atom. The van der Waals surface area contributed by atoms with E-state index in [0.717, 1.165) is 15.5 Å². The maximum atomic E-state index is 11.7. The van der Waals surface area contributed by atoms with Crippen molar-refractivity contribution in [2.45, 2.75) is 17.7 Å². The molecule has 0 bridgehead atoms. The van der Waals surface area contributed by atoms with Crippen LogP contribution in [0.1, 0.15) is 11.3 Å². The molecule has 0 aliphatic heterocycles. The number of nitrogens with one attached hydrogen (secondary N) is 1. The monoisotopic (exact) mass is 293 g/mol. The van der Waals surface area contributed by atoms with Crippen LogP contribution in [0, 0.1) is 6.92 Å². The second-order valence-electron chi connectivity index (χ2n) is 3.98. The minimum Gasteiger partial charge on any atom is -0.375 e. The Kier molecular flexibility index (Phi) is 4.81. The highest BCUT2D eigenvalue weighted by Gasteiger charge is 2.08. The van der Waals surface area contributed by atoms with Crippen LogP contribution in [0.4, 0.5) is 5.13 Å². The van der Waals surface area contributed by atoms with Crippen molar-refractivity contribution in [1.29, 1.82) is 0 Å². The van der Waals surface area contributed by atoms with Gasteiger partial charge in [-0.25, -0.2) is 4.98 Å². The lowest BCUT2D eigenvalue weighted by atomic mass is 10.2. The van der Waals surface area contributed by atoms with E-state index < -0.39 is 0 Å². The van der Waals surface area contributed by atoms with Gasteiger partial charge in [0.2, 0.25) is 5.91 Å². The third-order valence-corrected chi connectivity index (χ3v) is 4.79.